The number of carbonyl (C=O) groups excluding carboxylic acids is 1. The SMILES string of the molecule is O=Cc1ccc2c(-c3cccc(O)c3)noc2c1. The van der Waals surface area contributed by atoms with Crippen molar-refractivity contribution in [3.05, 3.63) is 48.0 Å². The van der Waals surface area contributed by atoms with Gasteiger partial charge in [-0.2, -0.15) is 0 Å². The van der Waals surface area contributed by atoms with Crippen LogP contribution in [-0.4, -0.2) is 16.5 Å². The molecule has 0 atom stereocenters. The highest BCUT2D eigenvalue weighted by molar-refractivity contribution is 5.94. The van der Waals surface area contributed by atoms with Gasteiger partial charge in [0.05, 0.1) is 0 Å². The maximum atomic E-state index is 10.7. The summed E-state index contributed by atoms with van der Waals surface area (Å²) < 4.78 is 5.20. The maximum absolute atomic E-state index is 10.7. The van der Waals surface area contributed by atoms with Crippen molar-refractivity contribution in [1.29, 1.82) is 0 Å². The molecule has 0 saturated heterocycles. The summed E-state index contributed by atoms with van der Waals surface area (Å²) in [4.78, 5) is 10.7. The van der Waals surface area contributed by atoms with Gasteiger partial charge in [0.25, 0.3) is 0 Å². The van der Waals surface area contributed by atoms with E-state index in [0.717, 1.165) is 17.2 Å². The van der Waals surface area contributed by atoms with E-state index >= 15 is 0 Å². The van der Waals surface area contributed by atoms with Crippen LogP contribution in [0.4, 0.5) is 0 Å². The number of hydrogen-bond acceptors (Lipinski definition) is 4. The van der Waals surface area contributed by atoms with Crippen molar-refractivity contribution in [2.45, 2.75) is 0 Å². The summed E-state index contributed by atoms with van der Waals surface area (Å²) >= 11 is 0. The van der Waals surface area contributed by atoms with Crippen LogP contribution in [-0.2, 0) is 0 Å². The van der Waals surface area contributed by atoms with Crippen LogP contribution in [0.15, 0.2) is 47.0 Å². The van der Waals surface area contributed by atoms with Crippen LogP contribution in [0.2, 0.25) is 0 Å². The standard InChI is InChI=1S/C14H9NO3/c16-8-9-4-5-12-13(6-9)18-15-14(12)10-2-1-3-11(17)7-10/h1-8,17H. The van der Waals surface area contributed by atoms with Gasteiger partial charge < -0.3 is 9.63 Å². The first-order valence-electron chi connectivity index (χ1n) is 5.42. The summed E-state index contributed by atoms with van der Waals surface area (Å²) in [5.74, 6) is 0.174. The first-order chi connectivity index (χ1) is 8.78. The number of aromatic nitrogens is 1. The van der Waals surface area contributed by atoms with Gasteiger partial charge >= 0.3 is 0 Å². The van der Waals surface area contributed by atoms with Gasteiger partial charge in [-0.15, -0.1) is 0 Å². The molecule has 3 rings (SSSR count). The molecule has 0 amide bonds. The van der Waals surface area contributed by atoms with Crippen LogP contribution >= 0.6 is 0 Å². The molecule has 88 valence electrons. The third-order valence-electron chi connectivity index (χ3n) is 2.75. The summed E-state index contributed by atoms with van der Waals surface area (Å²) in [5, 5.41) is 14.3. The quantitative estimate of drug-likeness (QED) is 0.698. The summed E-state index contributed by atoms with van der Waals surface area (Å²) in [6.45, 7) is 0. The minimum atomic E-state index is 0.174. The lowest BCUT2D eigenvalue weighted by molar-refractivity contribution is 0.112. The van der Waals surface area contributed by atoms with Gasteiger partial charge in [-0.05, 0) is 24.3 Å². The maximum Gasteiger partial charge on any atom is 0.168 e. The van der Waals surface area contributed by atoms with Crippen molar-refractivity contribution in [2.24, 2.45) is 0 Å². The highest BCUT2D eigenvalue weighted by Gasteiger charge is 2.11. The van der Waals surface area contributed by atoms with Crippen molar-refractivity contribution >= 4 is 17.3 Å². The van der Waals surface area contributed by atoms with E-state index in [1.165, 1.54) is 0 Å². The Kier molecular flexibility index (Phi) is 2.34. The molecule has 4 nitrogen and oxygen atoms in total. The lowest BCUT2D eigenvalue weighted by atomic mass is 10.1. The molecule has 0 spiro atoms. The average Bonchev–Trinajstić information content (AvgIpc) is 2.81. The number of fused-ring (bicyclic) bond motifs is 1. The Morgan fingerprint density at radius 2 is 2.06 bits per heavy atom. The molecule has 0 bridgehead atoms. The van der Waals surface area contributed by atoms with E-state index in [-0.39, 0.29) is 5.75 Å². The van der Waals surface area contributed by atoms with Gasteiger partial charge in [0, 0.05) is 16.5 Å². The van der Waals surface area contributed by atoms with E-state index in [1.807, 2.05) is 6.07 Å². The number of aromatic hydroxyl groups is 1. The second-order valence-corrected chi connectivity index (χ2v) is 3.95. The number of hydrogen-bond donors (Lipinski definition) is 1. The first kappa shape index (κ1) is 10.5. The van der Waals surface area contributed by atoms with Crippen LogP contribution in [0, 0.1) is 0 Å². The Hall–Kier alpha value is -2.62. The van der Waals surface area contributed by atoms with Crippen LogP contribution in [0.25, 0.3) is 22.2 Å². The van der Waals surface area contributed by atoms with Gasteiger partial charge in [0.15, 0.2) is 5.58 Å². The van der Waals surface area contributed by atoms with E-state index in [0.29, 0.717) is 16.8 Å². The first-order valence-corrected chi connectivity index (χ1v) is 5.42. The van der Waals surface area contributed by atoms with E-state index in [1.54, 1.807) is 36.4 Å². The second-order valence-electron chi connectivity index (χ2n) is 3.95. The molecule has 0 aliphatic carbocycles. The fraction of sp³-hybridized carbons (Fsp3) is 0. The Labute approximate surface area is 102 Å². The van der Waals surface area contributed by atoms with Gasteiger partial charge in [-0.25, -0.2) is 0 Å². The number of rotatable bonds is 2. The molecule has 0 aliphatic rings. The number of phenols is 1. The monoisotopic (exact) mass is 239 g/mol. The zero-order chi connectivity index (χ0) is 12.5. The van der Waals surface area contributed by atoms with Crippen LogP contribution in [0.3, 0.4) is 0 Å². The molecule has 4 heteroatoms. The summed E-state index contributed by atoms with van der Waals surface area (Å²) in [6, 6.07) is 11.9. The largest absolute Gasteiger partial charge is 0.508 e. The lowest BCUT2D eigenvalue weighted by Gasteiger charge is -1.97. The normalized spacial score (nSPS) is 10.7. The summed E-state index contributed by atoms with van der Waals surface area (Å²) in [7, 11) is 0. The van der Waals surface area contributed by atoms with E-state index in [2.05, 4.69) is 5.16 Å². The van der Waals surface area contributed by atoms with Crippen molar-refractivity contribution in [2.75, 3.05) is 0 Å². The van der Waals surface area contributed by atoms with Crippen molar-refractivity contribution in [3.63, 3.8) is 0 Å². The molecule has 3 aromatic rings. The highest BCUT2D eigenvalue weighted by atomic mass is 16.5. The number of nitrogens with zero attached hydrogens (tertiary/aromatic N) is 1. The third-order valence-corrected chi connectivity index (χ3v) is 2.75. The topological polar surface area (TPSA) is 63.3 Å². The lowest BCUT2D eigenvalue weighted by Crippen LogP contribution is -1.80. The molecule has 2 aromatic carbocycles. The van der Waals surface area contributed by atoms with Crippen LogP contribution in [0.1, 0.15) is 10.4 Å². The zero-order valence-electron chi connectivity index (χ0n) is 9.33. The summed E-state index contributed by atoms with van der Waals surface area (Å²) in [6.07, 6.45) is 0.760. The molecule has 18 heavy (non-hydrogen) atoms. The third kappa shape index (κ3) is 1.64. The number of aldehydes is 1. The number of phenolic OH excluding ortho intramolecular Hbond substituents is 1. The minimum Gasteiger partial charge on any atom is -0.508 e. The summed E-state index contributed by atoms with van der Waals surface area (Å²) in [5.41, 5.74) is 2.52. The molecule has 0 aliphatic heterocycles. The number of benzene rings is 2. The Bertz CT molecular complexity index is 731. The minimum absolute atomic E-state index is 0.174. The Morgan fingerprint density at radius 1 is 1.17 bits per heavy atom. The van der Waals surface area contributed by atoms with Gasteiger partial charge in [0.1, 0.15) is 17.7 Å². The second kappa shape index (κ2) is 4.00. The van der Waals surface area contributed by atoms with Crippen molar-refractivity contribution in [1.82, 2.24) is 5.16 Å². The molecule has 0 unspecified atom stereocenters. The predicted octanol–water partition coefficient (Wildman–Crippen LogP) is 3.01. The zero-order valence-corrected chi connectivity index (χ0v) is 9.33. The van der Waals surface area contributed by atoms with E-state index in [9.17, 15) is 9.90 Å². The average molecular weight is 239 g/mol. The van der Waals surface area contributed by atoms with Crippen molar-refractivity contribution in [3.8, 4) is 17.0 Å². The molecule has 0 fully saturated rings. The predicted molar refractivity (Wildman–Crippen MR) is 66.5 cm³/mol. The fourth-order valence-electron chi connectivity index (χ4n) is 1.89. The smallest absolute Gasteiger partial charge is 0.168 e. The van der Waals surface area contributed by atoms with Gasteiger partial charge in [-0.3, -0.25) is 4.79 Å². The fourth-order valence-corrected chi connectivity index (χ4v) is 1.89. The molecule has 1 aromatic heterocycles. The molecule has 0 radical (unpaired) electrons. The molecule has 1 N–H and O–H groups in total. The Balaban J connectivity index is 2.21. The number of carbonyl (C=O) groups is 1. The van der Waals surface area contributed by atoms with Crippen LogP contribution in [0.5, 0.6) is 5.75 Å². The Morgan fingerprint density at radius 3 is 2.83 bits per heavy atom. The van der Waals surface area contributed by atoms with E-state index < -0.39 is 0 Å². The molecular weight excluding hydrogens is 230 g/mol. The molecule has 0 saturated carbocycles. The van der Waals surface area contributed by atoms with Gasteiger partial charge in [-0.1, -0.05) is 23.4 Å². The van der Waals surface area contributed by atoms with Crippen molar-refractivity contribution < 1.29 is 14.4 Å². The van der Waals surface area contributed by atoms with E-state index in [4.69, 9.17) is 4.52 Å². The van der Waals surface area contributed by atoms with Crippen LogP contribution < -0.4 is 0 Å². The molecule has 1 heterocycles. The molecular formula is C14H9NO3. The van der Waals surface area contributed by atoms with Gasteiger partial charge in [0.2, 0.25) is 0 Å². The highest BCUT2D eigenvalue weighted by Crippen LogP contribution is 2.29.